The summed E-state index contributed by atoms with van der Waals surface area (Å²) in [6, 6.07) is 13.1. The van der Waals surface area contributed by atoms with E-state index < -0.39 is 17.1 Å². The predicted molar refractivity (Wildman–Crippen MR) is 92.0 cm³/mol. The average molecular weight is 360 g/mol. The lowest BCUT2D eigenvalue weighted by atomic mass is 10.2. The molecular formula is C17H10ClNO4S. The Balaban J connectivity index is 1.71. The summed E-state index contributed by atoms with van der Waals surface area (Å²) in [7, 11) is 0. The van der Waals surface area contributed by atoms with Crippen molar-refractivity contribution in [3.8, 4) is 5.75 Å². The summed E-state index contributed by atoms with van der Waals surface area (Å²) >= 11 is 6.69. The van der Waals surface area contributed by atoms with Crippen molar-refractivity contribution < 1.29 is 19.1 Å². The first-order valence-corrected chi connectivity index (χ1v) is 8.03. The molecular weight excluding hydrogens is 350 g/mol. The average Bonchev–Trinajstić information content (AvgIpc) is 2.87. The van der Waals surface area contributed by atoms with E-state index in [2.05, 4.69) is 5.32 Å². The molecule has 1 saturated heterocycles. The minimum atomic E-state index is -0.514. The van der Waals surface area contributed by atoms with E-state index in [0.717, 1.165) is 11.8 Å². The third-order valence-electron chi connectivity index (χ3n) is 3.09. The first-order valence-electron chi connectivity index (χ1n) is 6.84. The van der Waals surface area contributed by atoms with Crippen LogP contribution in [0.25, 0.3) is 6.08 Å². The highest BCUT2D eigenvalue weighted by atomic mass is 35.5. The van der Waals surface area contributed by atoms with Crippen LogP contribution in [0.15, 0.2) is 53.4 Å². The first-order chi connectivity index (χ1) is 11.5. The summed E-state index contributed by atoms with van der Waals surface area (Å²) in [6.07, 6.45) is 1.59. The highest BCUT2D eigenvalue weighted by Crippen LogP contribution is 2.26. The number of carbonyl (C=O) groups is 3. The standard InChI is InChI=1S/C17H10ClNO4S/c18-12-3-1-2-11(9-12)16(21)23-13-6-4-10(5-7-13)8-14-15(20)19-17(22)24-14/h1-9H,(H,19,20,22)/b14-8+. The van der Waals surface area contributed by atoms with Crippen LogP contribution in [0.2, 0.25) is 5.02 Å². The van der Waals surface area contributed by atoms with Gasteiger partial charge in [-0.1, -0.05) is 29.8 Å². The third kappa shape index (κ3) is 3.84. The van der Waals surface area contributed by atoms with Crippen LogP contribution in [0, 0.1) is 0 Å². The molecule has 0 saturated carbocycles. The number of ether oxygens (including phenoxy) is 1. The van der Waals surface area contributed by atoms with E-state index in [4.69, 9.17) is 16.3 Å². The molecule has 0 aliphatic carbocycles. The molecule has 0 unspecified atom stereocenters. The van der Waals surface area contributed by atoms with Crippen LogP contribution < -0.4 is 10.1 Å². The van der Waals surface area contributed by atoms with Gasteiger partial charge in [-0.15, -0.1) is 0 Å². The SMILES string of the molecule is O=C1NC(=O)/C(=C\c2ccc(OC(=O)c3cccc(Cl)c3)cc2)S1. The number of carbonyl (C=O) groups excluding carboxylic acids is 3. The van der Waals surface area contributed by atoms with Crippen LogP contribution in [-0.4, -0.2) is 17.1 Å². The van der Waals surface area contributed by atoms with Crippen LogP contribution in [0.3, 0.4) is 0 Å². The number of hydrogen-bond donors (Lipinski definition) is 1. The van der Waals surface area contributed by atoms with Gasteiger partial charge in [0.25, 0.3) is 11.1 Å². The zero-order valence-electron chi connectivity index (χ0n) is 12.1. The molecule has 1 aliphatic heterocycles. The predicted octanol–water partition coefficient (Wildman–Crippen LogP) is 3.88. The lowest BCUT2D eigenvalue weighted by Crippen LogP contribution is -2.17. The normalized spacial score (nSPS) is 15.5. The maximum atomic E-state index is 12.0. The molecule has 120 valence electrons. The maximum Gasteiger partial charge on any atom is 0.343 e. The van der Waals surface area contributed by atoms with Crippen molar-refractivity contribution in [3.05, 3.63) is 69.6 Å². The molecule has 2 amide bonds. The number of amides is 2. The summed E-state index contributed by atoms with van der Waals surface area (Å²) in [6.45, 7) is 0. The summed E-state index contributed by atoms with van der Waals surface area (Å²) in [5, 5.41) is 2.25. The van der Waals surface area contributed by atoms with Gasteiger partial charge in [-0.3, -0.25) is 14.9 Å². The van der Waals surface area contributed by atoms with Gasteiger partial charge < -0.3 is 4.74 Å². The molecule has 0 atom stereocenters. The fourth-order valence-corrected chi connectivity index (χ4v) is 2.86. The van der Waals surface area contributed by atoms with Crippen molar-refractivity contribution in [3.63, 3.8) is 0 Å². The van der Waals surface area contributed by atoms with Gasteiger partial charge in [-0.25, -0.2) is 4.79 Å². The Labute approximate surface area is 146 Å². The Morgan fingerprint density at radius 3 is 2.50 bits per heavy atom. The van der Waals surface area contributed by atoms with Crippen LogP contribution in [0.1, 0.15) is 15.9 Å². The number of halogens is 1. The number of nitrogens with one attached hydrogen (secondary N) is 1. The van der Waals surface area contributed by atoms with Crippen LogP contribution in [0.5, 0.6) is 5.75 Å². The fraction of sp³-hybridized carbons (Fsp3) is 0. The maximum absolute atomic E-state index is 12.0. The zero-order valence-corrected chi connectivity index (χ0v) is 13.7. The van der Waals surface area contributed by atoms with E-state index in [0.29, 0.717) is 26.8 Å². The lowest BCUT2D eigenvalue weighted by Gasteiger charge is -2.05. The van der Waals surface area contributed by atoms with Crippen molar-refractivity contribution in [2.75, 3.05) is 0 Å². The van der Waals surface area contributed by atoms with Crippen molar-refractivity contribution in [1.29, 1.82) is 0 Å². The van der Waals surface area contributed by atoms with E-state index in [-0.39, 0.29) is 0 Å². The molecule has 0 spiro atoms. The molecule has 5 nitrogen and oxygen atoms in total. The minimum Gasteiger partial charge on any atom is -0.423 e. The second-order valence-corrected chi connectivity index (χ2v) is 6.27. The third-order valence-corrected chi connectivity index (χ3v) is 4.14. The van der Waals surface area contributed by atoms with Gasteiger partial charge in [0.15, 0.2) is 0 Å². The molecule has 0 aromatic heterocycles. The Kier molecular flexibility index (Phi) is 4.69. The quantitative estimate of drug-likeness (QED) is 0.511. The van der Waals surface area contributed by atoms with Gasteiger partial charge in [-0.2, -0.15) is 0 Å². The summed E-state index contributed by atoms with van der Waals surface area (Å²) in [5.74, 6) is -0.567. The molecule has 1 fully saturated rings. The molecule has 2 aromatic carbocycles. The fourth-order valence-electron chi connectivity index (χ4n) is 1.99. The number of benzene rings is 2. The largest absolute Gasteiger partial charge is 0.423 e. The van der Waals surface area contributed by atoms with E-state index in [9.17, 15) is 14.4 Å². The molecule has 1 heterocycles. The second-order valence-electron chi connectivity index (χ2n) is 4.82. The number of imide groups is 1. The molecule has 3 rings (SSSR count). The highest BCUT2D eigenvalue weighted by molar-refractivity contribution is 8.18. The monoisotopic (exact) mass is 359 g/mol. The Morgan fingerprint density at radius 1 is 1.12 bits per heavy atom. The number of hydrogen-bond acceptors (Lipinski definition) is 5. The number of thioether (sulfide) groups is 1. The van der Waals surface area contributed by atoms with Crippen LogP contribution in [0.4, 0.5) is 4.79 Å². The van der Waals surface area contributed by atoms with Gasteiger partial charge in [0.1, 0.15) is 5.75 Å². The Morgan fingerprint density at radius 2 is 1.88 bits per heavy atom. The van der Waals surface area contributed by atoms with Gasteiger partial charge in [0.05, 0.1) is 10.5 Å². The van der Waals surface area contributed by atoms with Crippen LogP contribution >= 0.6 is 23.4 Å². The Bertz CT molecular complexity index is 861. The smallest absolute Gasteiger partial charge is 0.343 e. The van der Waals surface area contributed by atoms with Gasteiger partial charge in [-0.05, 0) is 53.7 Å². The molecule has 1 aliphatic rings. The molecule has 1 N–H and O–H groups in total. The van der Waals surface area contributed by atoms with Crippen molar-refractivity contribution in [1.82, 2.24) is 5.32 Å². The van der Waals surface area contributed by atoms with Crippen molar-refractivity contribution in [2.24, 2.45) is 0 Å². The van der Waals surface area contributed by atoms with Gasteiger partial charge in [0.2, 0.25) is 0 Å². The van der Waals surface area contributed by atoms with Gasteiger partial charge >= 0.3 is 5.97 Å². The van der Waals surface area contributed by atoms with Crippen LogP contribution in [-0.2, 0) is 4.79 Å². The number of rotatable bonds is 3. The second kappa shape index (κ2) is 6.90. The topological polar surface area (TPSA) is 72.5 Å². The molecule has 2 aromatic rings. The summed E-state index contributed by atoms with van der Waals surface area (Å²) in [4.78, 5) is 34.9. The number of esters is 1. The summed E-state index contributed by atoms with van der Waals surface area (Å²) < 4.78 is 5.26. The molecule has 0 bridgehead atoms. The Hall–Kier alpha value is -2.57. The van der Waals surface area contributed by atoms with E-state index >= 15 is 0 Å². The molecule has 7 heteroatoms. The first kappa shape index (κ1) is 16.3. The lowest BCUT2D eigenvalue weighted by molar-refractivity contribution is -0.115. The van der Waals surface area contributed by atoms with Gasteiger partial charge in [0, 0.05) is 5.02 Å². The van der Waals surface area contributed by atoms with E-state index in [1.807, 2.05) is 0 Å². The van der Waals surface area contributed by atoms with E-state index in [1.165, 1.54) is 6.07 Å². The zero-order chi connectivity index (χ0) is 17.1. The molecule has 24 heavy (non-hydrogen) atoms. The minimum absolute atomic E-state index is 0.323. The van der Waals surface area contributed by atoms with Crippen molar-refractivity contribution in [2.45, 2.75) is 0 Å². The van der Waals surface area contributed by atoms with E-state index in [1.54, 1.807) is 48.5 Å². The molecule has 0 radical (unpaired) electrons. The van der Waals surface area contributed by atoms with Crippen molar-refractivity contribution >= 4 is 46.6 Å². The summed E-state index contributed by atoms with van der Waals surface area (Å²) in [5.41, 5.74) is 1.07. The highest BCUT2D eigenvalue weighted by Gasteiger charge is 2.24.